The van der Waals surface area contributed by atoms with Crippen molar-refractivity contribution in [1.82, 2.24) is 4.31 Å². The van der Waals surface area contributed by atoms with Gasteiger partial charge in [-0.15, -0.1) is 0 Å². The van der Waals surface area contributed by atoms with E-state index in [9.17, 15) is 4.79 Å². The first-order chi connectivity index (χ1) is 8.29. The van der Waals surface area contributed by atoms with Crippen LogP contribution in [-0.2, 0) is 9.47 Å². The Kier molecular flexibility index (Phi) is 4.42. The molecule has 0 saturated carbocycles. The van der Waals surface area contributed by atoms with E-state index in [2.05, 4.69) is 4.31 Å². The number of esters is 1. The number of hydrogen-bond acceptors (Lipinski definition) is 5. The van der Waals surface area contributed by atoms with Crippen molar-refractivity contribution in [1.29, 1.82) is 0 Å². The molecule has 4 nitrogen and oxygen atoms in total. The Morgan fingerprint density at radius 2 is 2.18 bits per heavy atom. The summed E-state index contributed by atoms with van der Waals surface area (Å²) in [4.78, 5) is 12.4. The van der Waals surface area contributed by atoms with Crippen molar-refractivity contribution in [3.63, 3.8) is 0 Å². The summed E-state index contributed by atoms with van der Waals surface area (Å²) in [6, 6.07) is 7.47. The molecule has 92 valence electrons. The molecular weight excluding hydrogens is 238 g/mol. The molecule has 1 aliphatic rings. The third-order valence-electron chi connectivity index (χ3n) is 2.46. The highest BCUT2D eigenvalue weighted by Gasteiger charge is 2.13. The molecule has 0 aliphatic carbocycles. The number of carbonyl (C=O) groups is 1. The predicted molar refractivity (Wildman–Crippen MR) is 66.0 cm³/mol. The second-order valence-electron chi connectivity index (χ2n) is 3.65. The van der Waals surface area contributed by atoms with Crippen LogP contribution < -0.4 is 0 Å². The van der Waals surface area contributed by atoms with Crippen LogP contribution in [-0.4, -0.2) is 43.7 Å². The van der Waals surface area contributed by atoms with E-state index in [4.69, 9.17) is 9.47 Å². The number of rotatable bonds is 3. The lowest BCUT2D eigenvalue weighted by Crippen LogP contribution is -2.30. The maximum atomic E-state index is 11.4. The molecule has 0 radical (unpaired) electrons. The minimum atomic E-state index is -0.297. The molecule has 1 aromatic rings. The van der Waals surface area contributed by atoms with E-state index >= 15 is 0 Å². The number of benzene rings is 1. The summed E-state index contributed by atoms with van der Waals surface area (Å²) in [5, 5.41) is 0. The van der Waals surface area contributed by atoms with Crippen molar-refractivity contribution in [3.05, 3.63) is 29.8 Å². The van der Waals surface area contributed by atoms with Gasteiger partial charge in [-0.25, -0.2) is 9.10 Å². The van der Waals surface area contributed by atoms with Crippen LogP contribution in [0.25, 0.3) is 0 Å². The van der Waals surface area contributed by atoms with Gasteiger partial charge in [-0.2, -0.15) is 0 Å². The van der Waals surface area contributed by atoms with Crippen molar-refractivity contribution in [3.8, 4) is 0 Å². The fourth-order valence-corrected chi connectivity index (χ4v) is 2.53. The summed E-state index contributed by atoms with van der Waals surface area (Å²) in [5.41, 5.74) is 0.589. The quantitative estimate of drug-likeness (QED) is 0.607. The average molecular weight is 253 g/mol. The zero-order valence-corrected chi connectivity index (χ0v) is 10.5. The first-order valence-electron chi connectivity index (χ1n) is 5.48. The van der Waals surface area contributed by atoms with Crippen LogP contribution in [0.4, 0.5) is 0 Å². The van der Waals surface area contributed by atoms with E-state index in [0.717, 1.165) is 31.2 Å². The van der Waals surface area contributed by atoms with Crippen LogP contribution >= 0.6 is 11.9 Å². The normalized spacial score (nSPS) is 16.8. The minimum Gasteiger partial charge on any atom is -0.465 e. The number of carbonyl (C=O) groups excluding carboxylic acids is 1. The molecule has 17 heavy (non-hydrogen) atoms. The summed E-state index contributed by atoms with van der Waals surface area (Å²) in [6.45, 7) is 3.35. The standard InChI is InChI=1S/C12H15NO3S/c1-15-12(14)10-3-2-4-11(9-10)17-13-5-7-16-8-6-13/h2-4,9H,5-8H2,1H3. The molecule has 0 aromatic heterocycles. The molecule has 1 saturated heterocycles. The van der Waals surface area contributed by atoms with Gasteiger partial charge in [0.2, 0.25) is 0 Å². The van der Waals surface area contributed by atoms with Crippen LogP contribution in [0.3, 0.4) is 0 Å². The molecule has 1 fully saturated rings. The monoisotopic (exact) mass is 253 g/mol. The third kappa shape index (κ3) is 3.46. The molecule has 0 spiro atoms. The van der Waals surface area contributed by atoms with Crippen molar-refractivity contribution < 1.29 is 14.3 Å². The van der Waals surface area contributed by atoms with E-state index < -0.39 is 0 Å². The molecule has 0 bridgehead atoms. The van der Waals surface area contributed by atoms with Gasteiger partial charge in [0.25, 0.3) is 0 Å². The molecule has 0 N–H and O–H groups in total. The average Bonchev–Trinajstić information content (AvgIpc) is 2.39. The second kappa shape index (κ2) is 6.05. The highest BCUT2D eigenvalue weighted by atomic mass is 32.2. The zero-order chi connectivity index (χ0) is 12.1. The summed E-state index contributed by atoms with van der Waals surface area (Å²) < 4.78 is 12.2. The SMILES string of the molecule is COC(=O)c1cccc(SN2CCOCC2)c1. The van der Waals surface area contributed by atoms with Gasteiger partial charge in [-0.1, -0.05) is 6.07 Å². The molecule has 0 unspecified atom stereocenters. The Morgan fingerprint density at radius 3 is 2.88 bits per heavy atom. The molecule has 0 atom stereocenters. The summed E-state index contributed by atoms with van der Waals surface area (Å²) in [6.07, 6.45) is 0. The lowest BCUT2D eigenvalue weighted by Gasteiger charge is -2.25. The molecule has 2 rings (SSSR count). The lowest BCUT2D eigenvalue weighted by molar-refractivity contribution is 0.0600. The lowest BCUT2D eigenvalue weighted by atomic mass is 10.2. The van der Waals surface area contributed by atoms with E-state index in [1.54, 1.807) is 18.0 Å². The van der Waals surface area contributed by atoms with Crippen LogP contribution in [0.2, 0.25) is 0 Å². The van der Waals surface area contributed by atoms with Crippen LogP contribution in [0.5, 0.6) is 0 Å². The van der Waals surface area contributed by atoms with E-state index in [1.165, 1.54) is 7.11 Å². The third-order valence-corrected chi connectivity index (χ3v) is 3.55. The Morgan fingerprint density at radius 1 is 1.41 bits per heavy atom. The molecule has 1 aliphatic heterocycles. The fraction of sp³-hybridized carbons (Fsp3) is 0.417. The number of morpholine rings is 1. The van der Waals surface area contributed by atoms with Crippen molar-refractivity contribution in [2.45, 2.75) is 4.90 Å². The maximum Gasteiger partial charge on any atom is 0.337 e. The van der Waals surface area contributed by atoms with Gasteiger partial charge in [-0.3, -0.25) is 0 Å². The van der Waals surface area contributed by atoms with Crippen LogP contribution in [0.1, 0.15) is 10.4 Å². The number of ether oxygens (including phenoxy) is 2. The predicted octanol–water partition coefficient (Wildman–Crippen LogP) is 1.81. The van der Waals surface area contributed by atoms with Gasteiger partial charge in [0.1, 0.15) is 0 Å². The summed E-state index contributed by atoms with van der Waals surface area (Å²) >= 11 is 1.65. The number of hydrogen-bond donors (Lipinski definition) is 0. The smallest absolute Gasteiger partial charge is 0.337 e. The van der Waals surface area contributed by atoms with Crippen molar-refractivity contribution >= 4 is 17.9 Å². The van der Waals surface area contributed by atoms with Gasteiger partial charge in [0, 0.05) is 18.0 Å². The van der Waals surface area contributed by atoms with Crippen molar-refractivity contribution in [2.75, 3.05) is 33.4 Å². The molecular formula is C12H15NO3S. The second-order valence-corrected chi connectivity index (χ2v) is 4.82. The van der Waals surface area contributed by atoms with Gasteiger partial charge in [-0.05, 0) is 30.1 Å². The Bertz CT molecular complexity index is 391. The highest BCUT2D eigenvalue weighted by molar-refractivity contribution is 7.97. The van der Waals surface area contributed by atoms with Crippen molar-refractivity contribution in [2.24, 2.45) is 0 Å². The Labute approximate surface area is 105 Å². The molecule has 1 heterocycles. The fourth-order valence-electron chi connectivity index (χ4n) is 1.58. The van der Waals surface area contributed by atoms with E-state index in [0.29, 0.717) is 5.56 Å². The maximum absolute atomic E-state index is 11.4. The van der Waals surface area contributed by atoms with Crippen LogP contribution in [0.15, 0.2) is 29.2 Å². The van der Waals surface area contributed by atoms with Crippen LogP contribution in [0, 0.1) is 0 Å². The van der Waals surface area contributed by atoms with Gasteiger partial charge in [0.15, 0.2) is 0 Å². The Hall–Kier alpha value is -1.04. The zero-order valence-electron chi connectivity index (χ0n) is 9.72. The molecule has 1 aromatic carbocycles. The molecule has 5 heteroatoms. The number of nitrogens with zero attached hydrogens (tertiary/aromatic N) is 1. The first kappa shape index (κ1) is 12.4. The van der Waals surface area contributed by atoms with E-state index in [1.807, 2.05) is 18.2 Å². The highest BCUT2D eigenvalue weighted by Crippen LogP contribution is 2.24. The number of methoxy groups -OCH3 is 1. The molecule has 0 amide bonds. The largest absolute Gasteiger partial charge is 0.465 e. The van der Waals surface area contributed by atoms with Gasteiger partial charge in [0.05, 0.1) is 25.9 Å². The topological polar surface area (TPSA) is 38.8 Å². The van der Waals surface area contributed by atoms with E-state index in [-0.39, 0.29) is 5.97 Å². The summed E-state index contributed by atoms with van der Waals surface area (Å²) in [5.74, 6) is -0.297. The first-order valence-corrected chi connectivity index (χ1v) is 6.26. The minimum absolute atomic E-state index is 0.297. The van der Waals surface area contributed by atoms with Gasteiger partial charge >= 0.3 is 5.97 Å². The Balaban J connectivity index is 2.02. The van der Waals surface area contributed by atoms with Gasteiger partial charge < -0.3 is 9.47 Å². The summed E-state index contributed by atoms with van der Waals surface area (Å²) in [7, 11) is 1.39.